The van der Waals surface area contributed by atoms with Crippen molar-refractivity contribution in [3.05, 3.63) is 41.6 Å². The summed E-state index contributed by atoms with van der Waals surface area (Å²) >= 11 is 0. The van der Waals surface area contributed by atoms with Gasteiger partial charge in [0, 0.05) is 24.0 Å². The maximum atomic E-state index is 10.8. The highest BCUT2D eigenvalue weighted by atomic mass is 16.3. The summed E-state index contributed by atoms with van der Waals surface area (Å²) in [6.07, 6.45) is 2.34. The van der Waals surface area contributed by atoms with Gasteiger partial charge in [0.05, 0.1) is 12.6 Å². The van der Waals surface area contributed by atoms with Crippen molar-refractivity contribution in [2.75, 3.05) is 13.1 Å². The molecule has 0 heterocycles. The molecule has 0 aliphatic rings. The van der Waals surface area contributed by atoms with Gasteiger partial charge in [0.15, 0.2) is 5.78 Å². The second-order valence-corrected chi connectivity index (χ2v) is 4.53. The first kappa shape index (κ1) is 15.9. The number of hydrogen-bond acceptors (Lipinski definition) is 5. The smallest absolute Gasteiger partial charge is 0.154 e. The van der Waals surface area contributed by atoms with Gasteiger partial charge in [0.1, 0.15) is 5.75 Å². The molecule has 0 spiro atoms. The molecule has 108 valence electrons. The lowest BCUT2D eigenvalue weighted by Gasteiger charge is -2.10. The fourth-order valence-electron chi connectivity index (χ4n) is 1.57. The molecule has 0 aromatic heterocycles. The Morgan fingerprint density at radius 1 is 1.40 bits per heavy atom. The predicted octanol–water partition coefficient (Wildman–Crippen LogP) is 1.25. The van der Waals surface area contributed by atoms with Crippen LogP contribution in [0.2, 0.25) is 0 Å². The second kappa shape index (κ2) is 8.12. The number of rotatable bonds is 7. The molecule has 3 N–H and O–H groups in total. The van der Waals surface area contributed by atoms with Gasteiger partial charge in [-0.2, -0.15) is 0 Å². The molecule has 0 fully saturated rings. The Bertz CT molecular complexity index is 510. The van der Waals surface area contributed by atoms with Crippen LogP contribution in [0.1, 0.15) is 19.4 Å². The van der Waals surface area contributed by atoms with Gasteiger partial charge in [0.25, 0.3) is 0 Å². The minimum absolute atomic E-state index is 0.0398. The number of benzene rings is 1. The summed E-state index contributed by atoms with van der Waals surface area (Å²) in [5.74, 6) is 0.117. The van der Waals surface area contributed by atoms with E-state index in [1.54, 1.807) is 31.2 Å². The van der Waals surface area contributed by atoms with E-state index in [1.165, 1.54) is 19.2 Å². The monoisotopic (exact) mass is 276 g/mol. The molecule has 0 amide bonds. The normalized spacial score (nSPS) is 13.4. The molecular weight excluding hydrogens is 256 g/mol. The van der Waals surface area contributed by atoms with E-state index < -0.39 is 6.10 Å². The summed E-state index contributed by atoms with van der Waals surface area (Å²) in [6, 6.07) is 6.85. The van der Waals surface area contributed by atoms with E-state index in [2.05, 4.69) is 10.3 Å². The van der Waals surface area contributed by atoms with E-state index in [0.717, 1.165) is 0 Å². The molecule has 5 heteroatoms. The number of phenolic OH excluding ortho intramolecular Hbond substituents is 1. The molecule has 0 radical (unpaired) electrons. The highest BCUT2D eigenvalue weighted by Crippen LogP contribution is 2.12. The number of nitrogens with zero attached hydrogens (tertiary/aromatic N) is 1. The van der Waals surface area contributed by atoms with Crippen LogP contribution in [0.25, 0.3) is 0 Å². The second-order valence-electron chi connectivity index (χ2n) is 4.53. The van der Waals surface area contributed by atoms with Crippen LogP contribution in [0.15, 0.2) is 41.0 Å². The standard InChI is InChI=1S/C15H20N2O3/c1-11(7-12(2)18)17-10-14(19)9-16-8-13-5-3-4-6-15(13)20/h3-8,14,17,19-20H,9-10H2,1-2H3/t14-/m1/s1. The highest BCUT2D eigenvalue weighted by Gasteiger charge is 2.02. The number of carbonyl (C=O) groups excluding carboxylic acids is 1. The van der Waals surface area contributed by atoms with Gasteiger partial charge in [-0.3, -0.25) is 9.79 Å². The number of para-hydroxylation sites is 1. The minimum atomic E-state index is -0.660. The van der Waals surface area contributed by atoms with Crippen molar-refractivity contribution >= 4 is 12.0 Å². The Kier molecular flexibility index (Phi) is 6.46. The first-order valence-corrected chi connectivity index (χ1v) is 6.37. The van der Waals surface area contributed by atoms with Crippen LogP contribution in [0.5, 0.6) is 5.75 Å². The van der Waals surface area contributed by atoms with Crippen molar-refractivity contribution < 1.29 is 15.0 Å². The molecule has 1 aromatic rings. The molecule has 0 aliphatic heterocycles. The van der Waals surface area contributed by atoms with Gasteiger partial charge >= 0.3 is 0 Å². The molecule has 0 bridgehead atoms. The number of aliphatic hydroxyl groups is 1. The third-order valence-corrected chi connectivity index (χ3v) is 2.52. The average Bonchev–Trinajstić information content (AvgIpc) is 2.38. The first-order valence-electron chi connectivity index (χ1n) is 6.37. The van der Waals surface area contributed by atoms with Crippen LogP contribution in [-0.2, 0) is 4.79 Å². The first-order chi connectivity index (χ1) is 9.49. The third-order valence-electron chi connectivity index (χ3n) is 2.52. The quantitative estimate of drug-likeness (QED) is 0.517. The van der Waals surface area contributed by atoms with Gasteiger partial charge in [0.2, 0.25) is 0 Å². The SMILES string of the molecule is CC(=O)C=C(C)NC[C@H](O)CN=Cc1ccccc1O. The number of ketones is 1. The summed E-state index contributed by atoms with van der Waals surface area (Å²) in [4.78, 5) is 14.9. The van der Waals surface area contributed by atoms with Crippen LogP contribution in [0.3, 0.4) is 0 Å². The molecule has 0 aliphatic carbocycles. The van der Waals surface area contributed by atoms with Gasteiger partial charge in [-0.25, -0.2) is 0 Å². The third kappa shape index (κ3) is 6.15. The van der Waals surface area contributed by atoms with E-state index in [0.29, 0.717) is 17.8 Å². The van der Waals surface area contributed by atoms with Gasteiger partial charge in [-0.1, -0.05) is 12.1 Å². The molecule has 1 atom stereocenters. The van der Waals surface area contributed by atoms with Crippen molar-refractivity contribution in [3.63, 3.8) is 0 Å². The Balaban J connectivity index is 2.38. The minimum Gasteiger partial charge on any atom is -0.507 e. The number of hydrogen-bond donors (Lipinski definition) is 3. The Morgan fingerprint density at radius 2 is 2.10 bits per heavy atom. The molecule has 1 rings (SSSR count). The Labute approximate surface area is 118 Å². The summed E-state index contributed by atoms with van der Waals surface area (Å²) in [5.41, 5.74) is 1.32. The number of aliphatic imine (C=N–C) groups is 1. The van der Waals surface area contributed by atoms with E-state index in [1.807, 2.05) is 0 Å². The van der Waals surface area contributed by atoms with Crippen LogP contribution >= 0.6 is 0 Å². The Hall–Kier alpha value is -2.14. The Morgan fingerprint density at radius 3 is 2.75 bits per heavy atom. The van der Waals surface area contributed by atoms with Crippen molar-refractivity contribution in [1.29, 1.82) is 0 Å². The lowest BCUT2D eigenvalue weighted by Crippen LogP contribution is -2.28. The summed E-state index contributed by atoms with van der Waals surface area (Å²) in [5, 5.41) is 22.2. The molecule has 0 unspecified atom stereocenters. The molecular formula is C15H20N2O3. The van der Waals surface area contributed by atoms with Crippen molar-refractivity contribution in [2.24, 2.45) is 4.99 Å². The number of nitrogens with one attached hydrogen (secondary N) is 1. The van der Waals surface area contributed by atoms with Crippen LogP contribution < -0.4 is 5.32 Å². The van der Waals surface area contributed by atoms with Crippen LogP contribution in [0, 0.1) is 0 Å². The van der Waals surface area contributed by atoms with Crippen LogP contribution in [-0.4, -0.2) is 41.4 Å². The number of aromatic hydroxyl groups is 1. The van der Waals surface area contributed by atoms with Gasteiger partial charge in [-0.15, -0.1) is 0 Å². The molecule has 5 nitrogen and oxygen atoms in total. The van der Waals surface area contributed by atoms with E-state index in [9.17, 15) is 15.0 Å². The van der Waals surface area contributed by atoms with E-state index >= 15 is 0 Å². The number of carbonyl (C=O) groups is 1. The van der Waals surface area contributed by atoms with Crippen molar-refractivity contribution in [3.8, 4) is 5.75 Å². The zero-order chi connectivity index (χ0) is 15.0. The summed E-state index contributed by atoms with van der Waals surface area (Å²) in [7, 11) is 0. The number of allylic oxidation sites excluding steroid dienone is 2. The van der Waals surface area contributed by atoms with Crippen LogP contribution in [0.4, 0.5) is 0 Å². The zero-order valence-corrected chi connectivity index (χ0v) is 11.7. The molecule has 1 aromatic carbocycles. The molecule has 0 saturated carbocycles. The fraction of sp³-hybridized carbons (Fsp3) is 0.333. The fourth-order valence-corrected chi connectivity index (χ4v) is 1.57. The summed E-state index contributed by atoms with van der Waals surface area (Å²) in [6.45, 7) is 3.76. The van der Waals surface area contributed by atoms with Gasteiger partial charge in [-0.05, 0) is 32.1 Å². The van der Waals surface area contributed by atoms with Gasteiger partial charge < -0.3 is 15.5 Å². The highest BCUT2D eigenvalue weighted by molar-refractivity contribution is 5.87. The predicted molar refractivity (Wildman–Crippen MR) is 79.0 cm³/mol. The summed E-state index contributed by atoms with van der Waals surface area (Å²) < 4.78 is 0. The maximum absolute atomic E-state index is 10.8. The van der Waals surface area contributed by atoms with E-state index in [-0.39, 0.29) is 18.1 Å². The average molecular weight is 276 g/mol. The number of phenols is 1. The molecule has 20 heavy (non-hydrogen) atoms. The lowest BCUT2D eigenvalue weighted by atomic mass is 10.2. The maximum Gasteiger partial charge on any atom is 0.154 e. The topological polar surface area (TPSA) is 81.9 Å². The largest absolute Gasteiger partial charge is 0.507 e. The van der Waals surface area contributed by atoms with Crippen molar-refractivity contribution in [2.45, 2.75) is 20.0 Å². The van der Waals surface area contributed by atoms with E-state index in [4.69, 9.17) is 0 Å². The lowest BCUT2D eigenvalue weighted by molar-refractivity contribution is -0.112. The zero-order valence-electron chi connectivity index (χ0n) is 11.7. The molecule has 0 saturated heterocycles. The number of aliphatic hydroxyl groups excluding tert-OH is 1. The van der Waals surface area contributed by atoms with Crippen molar-refractivity contribution in [1.82, 2.24) is 5.32 Å².